The molecule has 9 heteroatoms. The molecular weight excluding hydrogens is 404 g/mol. The number of carbonyl (C=O) groups is 1. The molecule has 3 rings (SSSR count). The van der Waals surface area contributed by atoms with Crippen LogP contribution in [0.3, 0.4) is 0 Å². The Balaban J connectivity index is 1.68. The number of non-ortho nitro benzene ring substituents is 1. The molecular formula is C21H24N4O4S. The zero-order valence-corrected chi connectivity index (χ0v) is 17.7. The first-order valence-electron chi connectivity index (χ1n) is 9.61. The molecule has 1 aliphatic rings. The largest absolute Gasteiger partial charge is 0.378 e. The second kappa shape index (κ2) is 10.2. The average molecular weight is 429 g/mol. The van der Waals surface area contributed by atoms with Gasteiger partial charge in [0, 0.05) is 41.4 Å². The van der Waals surface area contributed by atoms with E-state index in [-0.39, 0.29) is 16.8 Å². The van der Waals surface area contributed by atoms with Gasteiger partial charge in [-0.2, -0.15) is 5.10 Å². The minimum absolute atomic E-state index is 0.0249. The zero-order valence-electron chi connectivity index (χ0n) is 16.9. The van der Waals surface area contributed by atoms with Gasteiger partial charge in [0.2, 0.25) is 0 Å². The highest BCUT2D eigenvalue weighted by Gasteiger charge is 2.18. The minimum Gasteiger partial charge on any atom is -0.378 e. The number of thioether (sulfide) groups is 1. The van der Waals surface area contributed by atoms with Crippen molar-refractivity contribution < 1.29 is 14.5 Å². The molecule has 0 radical (unpaired) electrons. The maximum atomic E-state index is 12.4. The van der Waals surface area contributed by atoms with E-state index in [1.54, 1.807) is 6.07 Å². The molecule has 2 aromatic carbocycles. The number of amides is 1. The summed E-state index contributed by atoms with van der Waals surface area (Å²) in [6, 6.07) is 12.6. The van der Waals surface area contributed by atoms with E-state index < -0.39 is 4.92 Å². The first-order chi connectivity index (χ1) is 14.4. The van der Waals surface area contributed by atoms with Gasteiger partial charge in [-0.3, -0.25) is 14.9 Å². The molecule has 0 unspecified atom stereocenters. The molecule has 0 aliphatic carbocycles. The summed E-state index contributed by atoms with van der Waals surface area (Å²) in [5, 5.41) is 14.9. The average Bonchev–Trinajstić information content (AvgIpc) is 2.75. The molecule has 30 heavy (non-hydrogen) atoms. The van der Waals surface area contributed by atoms with Crippen LogP contribution in [0.2, 0.25) is 0 Å². The molecule has 8 nitrogen and oxygen atoms in total. The van der Waals surface area contributed by atoms with Gasteiger partial charge in [0.05, 0.1) is 29.6 Å². The zero-order chi connectivity index (χ0) is 21.5. The monoisotopic (exact) mass is 428 g/mol. The molecule has 1 aliphatic heterocycles. The number of nitro benzene ring substituents is 1. The van der Waals surface area contributed by atoms with E-state index in [2.05, 4.69) is 15.4 Å². The molecule has 0 spiro atoms. The lowest BCUT2D eigenvalue weighted by Crippen LogP contribution is -2.36. The van der Waals surface area contributed by atoms with E-state index in [4.69, 9.17) is 4.74 Å². The standard InChI is InChI=1S/C21H24N4O4S/c1-15-3-6-19(7-4-15)30-16(2)21(26)23-22-14-17-13-18(25(27)28)5-8-20(17)24-9-11-29-12-10-24/h3-8,13-14,16H,9-12H2,1-2H3,(H,23,26)/b22-14-/t16-/m0/s1. The van der Waals surface area contributed by atoms with Crippen LogP contribution in [-0.4, -0.2) is 48.6 Å². The number of nitrogens with one attached hydrogen (secondary N) is 1. The number of nitro groups is 1. The van der Waals surface area contributed by atoms with E-state index in [1.165, 1.54) is 30.1 Å². The Morgan fingerprint density at radius 1 is 1.27 bits per heavy atom. The smallest absolute Gasteiger partial charge is 0.270 e. The lowest BCUT2D eigenvalue weighted by Gasteiger charge is -2.29. The second-order valence-electron chi connectivity index (χ2n) is 6.91. The summed E-state index contributed by atoms with van der Waals surface area (Å²) in [7, 11) is 0. The predicted octanol–water partition coefficient (Wildman–Crippen LogP) is 3.37. The number of hydrogen-bond acceptors (Lipinski definition) is 7. The molecule has 2 aromatic rings. The van der Waals surface area contributed by atoms with Gasteiger partial charge in [0.25, 0.3) is 11.6 Å². The van der Waals surface area contributed by atoms with Gasteiger partial charge in [0.1, 0.15) is 0 Å². The van der Waals surface area contributed by atoms with E-state index in [0.29, 0.717) is 31.9 Å². The molecule has 158 valence electrons. The third-order valence-electron chi connectivity index (χ3n) is 4.66. The Morgan fingerprint density at radius 2 is 1.97 bits per heavy atom. The fourth-order valence-electron chi connectivity index (χ4n) is 2.98. The summed E-state index contributed by atoms with van der Waals surface area (Å²) >= 11 is 1.44. The molecule has 0 saturated carbocycles. The summed E-state index contributed by atoms with van der Waals surface area (Å²) in [5.41, 5.74) is 5.07. The van der Waals surface area contributed by atoms with Crippen molar-refractivity contribution in [3.8, 4) is 0 Å². The van der Waals surface area contributed by atoms with Crippen LogP contribution in [0.15, 0.2) is 52.5 Å². The van der Waals surface area contributed by atoms with Crippen molar-refractivity contribution in [3.63, 3.8) is 0 Å². The lowest BCUT2D eigenvalue weighted by molar-refractivity contribution is -0.384. The van der Waals surface area contributed by atoms with Crippen LogP contribution in [0.25, 0.3) is 0 Å². The van der Waals surface area contributed by atoms with E-state index >= 15 is 0 Å². The molecule has 1 N–H and O–H groups in total. The highest BCUT2D eigenvalue weighted by molar-refractivity contribution is 8.00. The number of hydrazone groups is 1. The van der Waals surface area contributed by atoms with Crippen LogP contribution >= 0.6 is 11.8 Å². The van der Waals surface area contributed by atoms with Crippen LogP contribution < -0.4 is 10.3 Å². The Labute approximate surface area is 179 Å². The summed E-state index contributed by atoms with van der Waals surface area (Å²) in [4.78, 5) is 26.2. The summed E-state index contributed by atoms with van der Waals surface area (Å²) < 4.78 is 5.37. The highest BCUT2D eigenvalue weighted by Crippen LogP contribution is 2.26. The van der Waals surface area contributed by atoms with Gasteiger partial charge >= 0.3 is 0 Å². The number of anilines is 1. The van der Waals surface area contributed by atoms with E-state index in [1.807, 2.05) is 38.1 Å². The van der Waals surface area contributed by atoms with Crippen LogP contribution in [0.4, 0.5) is 11.4 Å². The van der Waals surface area contributed by atoms with Crippen molar-refractivity contribution in [1.82, 2.24) is 5.43 Å². The van der Waals surface area contributed by atoms with E-state index in [0.717, 1.165) is 16.1 Å². The maximum absolute atomic E-state index is 12.4. The normalized spacial score (nSPS) is 15.2. The highest BCUT2D eigenvalue weighted by atomic mass is 32.2. The number of rotatable bonds is 7. The molecule has 1 saturated heterocycles. The molecule has 0 bridgehead atoms. The summed E-state index contributed by atoms with van der Waals surface area (Å²) in [5.74, 6) is -0.241. The predicted molar refractivity (Wildman–Crippen MR) is 118 cm³/mol. The molecule has 0 aromatic heterocycles. The van der Waals surface area contributed by atoms with Gasteiger partial charge in [-0.25, -0.2) is 5.43 Å². The van der Waals surface area contributed by atoms with Gasteiger partial charge < -0.3 is 9.64 Å². The van der Waals surface area contributed by atoms with Crippen molar-refractivity contribution in [2.75, 3.05) is 31.2 Å². The second-order valence-corrected chi connectivity index (χ2v) is 8.32. The summed E-state index contributed by atoms with van der Waals surface area (Å²) in [6.45, 7) is 6.39. The fraction of sp³-hybridized carbons (Fsp3) is 0.333. The first kappa shape index (κ1) is 21.8. The van der Waals surface area contributed by atoms with Gasteiger partial charge in [-0.1, -0.05) is 17.7 Å². The van der Waals surface area contributed by atoms with Crippen molar-refractivity contribution in [1.29, 1.82) is 0 Å². The fourth-order valence-corrected chi connectivity index (χ4v) is 3.84. The number of ether oxygens (including phenoxy) is 1. The molecule has 1 amide bonds. The van der Waals surface area contributed by atoms with Crippen LogP contribution in [0.1, 0.15) is 18.1 Å². The van der Waals surface area contributed by atoms with Crippen molar-refractivity contribution in [3.05, 3.63) is 63.7 Å². The molecule has 1 fully saturated rings. The number of benzene rings is 2. The summed E-state index contributed by atoms with van der Waals surface area (Å²) in [6.07, 6.45) is 1.46. The van der Waals surface area contributed by atoms with Gasteiger partial charge in [-0.15, -0.1) is 11.8 Å². The Kier molecular flexibility index (Phi) is 7.42. The number of hydrogen-bond donors (Lipinski definition) is 1. The SMILES string of the molecule is Cc1ccc(S[C@@H](C)C(=O)N/N=C\c2cc([N+](=O)[O-])ccc2N2CCOCC2)cc1. The molecule has 1 atom stereocenters. The lowest BCUT2D eigenvalue weighted by atomic mass is 10.1. The van der Waals surface area contributed by atoms with Crippen LogP contribution in [0.5, 0.6) is 0 Å². The number of morpholine rings is 1. The Bertz CT molecular complexity index is 927. The Hall–Kier alpha value is -2.91. The number of aryl methyl sites for hydroxylation is 1. The van der Waals surface area contributed by atoms with Crippen molar-refractivity contribution in [2.24, 2.45) is 5.10 Å². The quantitative estimate of drug-likeness (QED) is 0.314. The third-order valence-corrected chi connectivity index (χ3v) is 5.77. The van der Waals surface area contributed by atoms with Crippen LogP contribution in [0, 0.1) is 17.0 Å². The number of carbonyl (C=O) groups excluding carboxylic acids is 1. The Morgan fingerprint density at radius 3 is 2.63 bits per heavy atom. The van der Waals surface area contributed by atoms with E-state index in [9.17, 15) is 14.9 Å². The third kappa shape index (κ3) is 5.80. The molecule has 1 heterocycles. The minimum atomic E-state index is -0.445. The first-order valence-corrected chi connectivity index (χ1v) is 10.5. The van der Waals surface area contributed by atoms with Crippen molar-refractivity contribution >= 4 is 35.3 Å². The van der Waals surface area contributed by atoms with Gasteiger partial charge in [-0.05, 0) is 32.0 Å². The van der Waals surface area contributed by atoms with Crippen molar-refractivity contribution in [2.45, 2.75) is 24.0 Å². The number of nitrogens with zero attached hydrogens (tertiary/aromatic N) is 3. The maximum Gasteiger partial charge on any atom is 0.270 e. The van der Waals surface area contributed by atoms with Gasteiger partial charge in [0.15, 0.2) is 0 Å². The topological polar surface area (TPSA) is 97.1 Å². The van der Waals surface area contributed by atoms with Crippen LogP contribution in [-0.2, 0) is 9.53 Å².